The molecule has 1 N–H and O–H groups in total. The van der Waals surface area contributed by atoms with Crippen LogP contribution >= 0.6 is 0 Å². The lowest BCUT2D eigenvalue weighted by Crippen LogP contribution is -2.14. The highest BCUT2D eigenvalue weighted by atomic mass is 16.7. The van der Waals surface area contributed by atoms with Crippen molar-refractivity contribution in [3.8, 4) is 11.5 Å². The third kappa shape index (κ3) is 4.08. The number of rotatable bonds is 7. The first-order valence-electron chi connectivity index (χ1n) is 8.52. The van der Waals surface area contributed by atoms with E-state index < -0.39 is 5.97 Å². The van der Waals surface area contributed by atoms with Crippen LogP contribution in [0.15, 0.2) is 41.7 Å². The van der Waals surface area contributed by atoms with Crippen LogP contribution in [0, 0.1) is 6.92 Å². The molecule has 0 saturated heterocycles. The minimum atomic E-state index is -0.531. The van der Waals surface area contributed by atoms with Crippen molar-refractivity contribution >= 4 is 23.1 Å². The van der Waals surface area contributed by atoms with E-state index in [9.17, 15) is 4.79 Å². The van der Waals surface area contributed by atoms with E-state index in [4.69, 9.17) is 14.3 Å². The Hall–Kier alpha value is -3.35. The number of aromatic amines is 1. The number of fused-ring (bicyclic) bond motifs is 1. The average Bonchev–Trinajstić information content (AvgIpc) is 2.99. The van der Waals surface area contributed by atoms with Crippen LogP contribution in [0.3, 0.4) is 0 Å². The lowest BCUT2D eigenvalue weighted by molar-refractivity contribution is -0.139. The number of pyridine rings is 1. The highest BCUT2D eigenvalue weighted by molar-refractivity contribution is 5.95. The molecule has 0 unspecified atom stereocenters. The van der Waals surface area contributed by atoms with Crippen LogP contribution in [0.1, 0.15) is 23.9 Å². The maximum atomic E-state index is 12.1. The van der Waals surface area contributed by atoms with Crippen LogP contribution in [-0.2, 0) is 16.1 Å². The Kier molecular flexibility index (Phi) is 5.71. The van der Waals surface area contributed by atoms with Crippen molar-refractivity contribution in [2.24, 2.45) is 5.16 Å². The van der Waals surface area contributed by atoms with Crippen molar-refractivity contribution in [3.05, 3.63) is 53.5 Å². The van der Waals surface area contributed by atoms with Gasteiger partial charge in [-0.25, -0.2) is 4.79 Å². The van der Waals surface area contributed by atoms with Gasteiger partial charge in [0.15, 0.2) is 5.75 Å². The zero-order valence-corrected chi connectivity index (χ0v) is 15.5. The molecule has 0 aliphatic heterocycles. The quantitative estimate of drug-likeness (QED) is 0.393. The molecule has 0 amide bonds. The molecule has 27 heavy (non-hydrogen) atoms. The van der Waals surface area contributed by atoms with Gasteiger partial charge >= 0.3 is 5.97 Å². The molecule has 0 radical (unpaired) electrons. The molecule has 2 aromatic heterocycles. The molecule has 0 spiro atoms. The Balaban J connectivity index is 2.03. The van der Waals surface area contributed by atoms with Gasteiger partial charge in [0, 0.05) is 35.5 Å². The molecule has 0 aliphatic carbocycles. The predicted octanol–water partition coefficient (Wildman–Crippen LogP) is 3.40. The fourth-order valence-electron chi connectivity index (χ4n) is 2.92. The average molecular weight is 367 g/mol. The van der Waals surface area contributed by atoms with Crippen LogP contribution in [0.25, 0.3) is 10.9 Å². The van der Waals surface area contributed by atoms with Crippen molar-refractivity contribution in [1.82, 2.24) is 9.97 Å². The third-order valence-electron chi connectivity index (χ3n) is 4.04. The van der Waals surface area contributed by atoms with Crippen molar-refractivity contribution in [2.45, 2.75) is 20.3 Å². The number of carbonyl (C=O) groups excluding carboxylic acids is 1. The lowest BCUT2D eigenvalue weighted by atomic mass is 10.0. The van der Waals surface area contributed by atoms with Gasteiger partial charge < -0.3 is 19.3 Å². The minimum Gasteiger partial charge on any atom is -0.496 e. The SMILES string of the molecule is CC=NOCC(=O)Oc1c(C)[nH]c2ccc(OC)c(Cc3ccccn3)c12. The number of H-pyrrole nitrogens is 1. The predicted molar refractivity (Wildman–Crippen MR) is 102 cm³/mol. The lowest BCUT2D eigenvalue weighted by Gasteiger charge is -2.12. The molecule has 0 fully saturated rings. The van der Waals surface area contributed by atoms with Gasteiger partial charge in [0.2, 0.25) is 6.61 Å². The van der Waals surface area contributed by atoms with Crippen LogP contribution in [0.2, 0.25) is 0 Å². The number of benzene rings is 1. The Labute approximate surface area is 157 Å². The van der Waals surface area contributed by atoms with E-state index in [-0.39, 0.29) is 6.61 Å². The topological polar surface area (TPSA) is 85.8 Å². The third-order valence-corrected chi connectivity index (χ3v) is 4.04. The Bertz CT molecular complexity index is 964. The maximum Gasteiger partial charge on any atom is 0.352 e. The fourth-order valence-corrected chi connectivity index (χ4v) is 2.92. The number of hydrogen-bond acceptors (Lipinski definition) is 6. The van der Waals surface area contributed by atoms with E-state index in [0.29, 0.717) is 17.9 Å². The van der Waals surface area contributed by atoms with Crippen molar-refractivity contribution in [2.75, 3.05) is 13.7 Å². The molecule has 0 saturated carbocycles. The summed E-state index contributed by atoms with van der Waals surface area (Å²) in [6.07, 6.45) is 3.75. The van der Waals surface area contributed by atoms with Gasteiger partial charge in [0.1, 0.15) is 5.75 Å². The van der Waals surface area contributed by atoms with Crippen LogP contribution in [0.4, 0.5) is 0 Å². The molecule has 2 heterocycles. The fraction of sp³-hybridized carbons (Fsp3) is 0.250. The van der Waals surface area contributed by atoms with Crippen molar-refractivity contribution in [3.63, 3.8) is 0 Å². The molecule has 1 aromatic carbocycles. The molecule has 0 atom stereocenters. The molecule has 140 valence electrons. The van der Waals surface area contributed by atoms with Gasteiger partial charge in [-0.2, -0.15) is 0 Å². The molecule has 7 nitrogen and oxygen atoms in total. The highest BCUT2D eigenvalue weighted by Gasteiger charge is 2.20. The van der Waals surface area contributed by atoms with E-state index in [1.54, 1.807) is 20.2 Å². The Morgan fingerprint density at radius 1 is 1.30 bits per heavy atom. The van der Waals surface area contributed by atoms with Gasteiger partial charge in [-0.1, -0.05) is 11.2 Å². The van der Waals surface area contributed by atoms with Crippen molar-refractivity contribution in [1.29, 1.82) is 0 Å². The highest BCUT2D eigenvalue weighted by Crippen LogP contribution is 2.38. The zero-order chi connectivity index (χ0) is 19.2. The van der Waals surface area contributed by atoms with E-state index >= 15 is 0 Å². The number of aryl methyl sites for hydroxylation is 1. The number of nitrogens with zero attached hydrogens (tertiary/aromatic N) is 2. The van der Waals surface area contributed by atoms with Gasteiger partial charge in [-0.05, 0) is 38.1 Å². The Morgan fingerprint density at radius 2 is 2.15 bits per heavy atom. The second-order valence-electron chi connectivity index (χ2n) is 5.86. The number of oxime groups is 1. The maximum absolute atomic E-state index is 12.1. The second kappa shape index (κ2) is 8.35. The summed E-state index contributed by atoms with van der Waals surface area (Å²) in [5, 5.41) is 4.36. The van der Waals surface area contributed by atoms with E-state index in [0.717, 1.165) is 27.9 Å². The largest absolute Gasteiger partial charge is 0.496 e. The number of esters is 1. The summed E-state index contributed by atoms with van der Waals surface area (Å²) >= 11 is 0. The summed E-state index contributed by atoms with van der Waals surface area (Å²) in [7, 11) is 1.62. The number of aromatic nitrogens is 2. The molecular formula is C20H21N3O4. The standard InChI is InChI=1S/C20H21N3O4/c1-4-22-26-12-18(24)27-20-13(2)23-16-8-9-17(25-3)15(19(16)20)11-14-7-5-6-10-21-14/h4-10,23H,11-12H2,1-3H3. The van der Waals surface area contributed by atoms with E-state index in [2.05, 4.69) is 15.1 Å². The second-order valence-corrected chi connectivity index (χ2v) is 5.86. The van der Waals surface area contributed by atoms with Crippen molar-refractivity contribution < 1.29 is 19.1 Å². The Morgan fingerprint density at radius 3 is 2.85 bits per heavy atom. The minimum absolute atomic E-state index is 0.268. The summed E-state index contributed by atoms with van der Waals surface area (Å²) in [4.78, 5) is 24.6. The first kappa shape index (κ1) is 18.4. The number of ether oxygens (including phenoxy) is 2. The van der Waals surface area contributed by atoms with Gasteiger partial charge in [-0.15, -0.1) is 0 Å². The number of methoxy groups -OCH3 is 1. The molecule has 3 rings (SSSR count). The summed E-state index contributed by atoms with van der Waals surface area (Å²) < 4.78 is 11.1. The molecule has 7 heteroatoms. The van der Waals surface area contributed by atoms with Crippen LogP contribution < -0.4 is 9.47 Å². The van der Waals surface area contributed by atoms with E-state index in [1.807, 2.05) is 37.3 Å². The molecular weight excluding hydrogens is 346 g/mol. The normalized spacial score (nSPS) is 11.1. The van der Waals surface area contributed by atoms with Gasteiger partial charge in [0.05, 0.1) is 18.3 Å². The first-order chi connectivity index (χ1) is 13.1. The van der Waals surface area contributed by atoms with E-state index in [1.165, 1.54) is 6.21 Å². The summed E-state index contributed by atoms with van der Waals surface area (Å²) in [5.74, 6) is 0.636. The summed E-state index contributed by atoms with van der Waals surface area (Å²) in [6.45, 7) is 3.28. The smallest absolute Gasteiger partial charge is 0.352 e. The molecule has 0 bridgehead atoms. The number of hydrogen-bond donors (Lipinski definition) is 1. The summed E-state index contributed by atoms with van der Waals surface area (Å²) in [6, 6.07) is 9.54. The summed E-state index contributed by atoms with van der Waals surface area (Å²) in [5.41, 5.74) is 3.38. The zero-order valence-electron chi connectivity index (χ0n) is 15.5. The van der Waals surface area contributed by atoms with Crippen LogP contribution in [-0.4, -0.2) is 35.9 Å². The molecule has 0 aliphatic rings. The molecule has 3 aromatic rings. The van der Waals surface area contributed by atoms with Gasteiger partial charge in [0.25, 0.3) is 0 Å². The van der Waals surface area contributed by atoms with Gasteiger partial charge in [-0.3, -0.25) is 4.98 Å². The number of carbonyl (C=O) groups is 1. The monoisotopic (exact) mass is 367 g/mol. The van der Waals surface area contributed by atoms with Crippen LogP contribution in [0.5, 0.6) is 11.5 Å². The first-order valence-corrected chi connectivity index (χ1v) is 8.52. The number of nitrogens with one attached hydrogen (secondary N) is 1.